The summed E-state index contributed by atoms with van der Waals surface area (Å²) in [6, 6.07) is 9.17. The van der Waals surface area contributed by atoms with Crippen LogP contribution in [-0.4, -0.2) is 17.2 Å². The number of hydrogen-bond acceptors (Lipinski definition) is 3. The minimum absolute atomic E-state index is 0.0280. The van der Waals surface area contributed by atoms with Crippen molar-refractivity contribution in [1.29, 1.82) is 0 Å². The van der Waals surface area contributed by atoms with Crippen molar-refractivity contribution in [3.8, 4) is 17.1 Å². The summed E-state index contributed by atoms with van der Waals surface area (Å²) in [5, 5.41) is 10.2. The number of hydrogen-bond donors (Lipinski definition) is 1. The molecule has 1 N–H and O–H groups in total. The predicted octanol–water partition coefficient (Wildman–Crippen LogP) is 5.68. The maximum atomic E-state index is 13.2. The van der Waals surface area contributed by atoms with Gasteiger partial charge in [-0.25, -0.2) is 9.18 Å². The van der Waals surface area contributed by atoms with Gasteiger partial charge in [0.1, 0.15) is 28.5 Å². The van der Waals surface area contributed by atoms with E-state index in [1.54, 1.807) is 6.07 Å². The second-order valence-electron chi connectivity index (χ2n) is 6.49. The molecule has 26 heavy (non-hydrogen) atoms. The van der Waals surface area contributed by atoms with Crippen LogP contribution in [0.15, 0.2) is 40.8 Å². The molecule has 5 heteroatoms. The highest BCUT2D eigenvalue weighted by Gasteiger charge is 2.23. The van der Waals surface area contributed by atoms with Gasteiger partial charge in [-0.3, -0.25) is 0 Å². The average Bonchev–Trinajstić information content (AvgIpc) is 2.94. The van der Waals surface area contributed by atoms with Gasteiger partial charge in [0.05, 0.1) is 6.10 Å². The summed E-state index contributed by atoms with van der Waals surface area (Å²) >= 11 is 0. The second-order valence-corrected chi connectivity index (χ2v) is 6.49. The number of carboxylic acid groups (broad SMARTS) is 1. The van der Waals surface area contributed by atoms with Crippen LogP contribution in [0.5, 0.6) is 5.75 Å². The first-order valence-corrected chi connectivity index (χ1v) is 8.66. The van der Waals surface area contributed by atoms with Crippen molar-refractivity contribution in [2.24, 2.45) is 0 Å². The van der Waals surface area contributed by atoms with Gasteiger partial charge in [-0.1, -0.05) is 13.3 Å². The van der Waals surface area contributed by atoms with E-state index in [0.29, 0.717) is 22.3 Å². The van der Waals surface area contributed by atoms with Crippen molar-refractivity contribution in [3.05, 3.63) is 53.3 Å². The smallest absolute Gasteiger partial charge is 0.340 e. The fourth-order valence-electron chi connectivity index (χ4n) is 3.01. The number of benzene rings is 2. The van der Waals surface area contributed by atoms with Crippen LogP contribution in [0.4, 0.5) is 4.39 Å². The Morgan fingerprint density at radius 3 is 2.50 bits per heavy atom. The molecule has 1 aromatic heterocycles. The standard InChI is InChI=1S/C21H21FO4/c1-4-5-14-10-18-16(11-17(14)25-12(2)3)19(21(23)24)20(26-18)13-6-8-15(22)9-7-13/h6-12H,4-5H2,1-3H3,(H,23,24). The number of aryl methyl sites for hydroxylation is 1. The van der Waals surface area contributed by atoms with Crippen LogP contribution in [0.1, 0.15) is 43.1 Å². The van der Waals surface area contributed by atoms with Crippen molar-refractivity contribution in [2.45, 2.75) is 39.7 Å². The Kier molecular flexibility index (Phi) is 4.98. The number of furan rings is 1. The van der Waals surface area contributed by atoms with Crippen LogP contribution in [0.3, 0.4) is 0 Å². The first kappa shape index (κ1) is 18.0. The van der Waals surface area contributed by atoms with Gasteiger partial charge >= 0.3 is 5.97 Å². The molecular weight excluding hydrogens is 335 g/mol. The number of fused-ring (bicyclic) bond motifs is 1. The minimum Gasteiger partial charge on any atom is -0.491 e. The van der Waals surface area contributed by atoms with E-state index >= 15 is 0 Å². The fraction of sp³-hybridized carbons (Fsp3) is 0.286. The zero-order valence-corrected chi connectivity index (χ0v) is 15.0. The SMILES string of the molecule is CCCc1cc2oc(-c3ccc(F)cc3)c(C(=O)O)c2cc1OC(C)C. The van der Waals surface area contributed by atoms with Crippen LogP contribution in [0.25, 0.3) is 22.3 Å². The Labute approximate surface area is 151 Å². The molecule has 3 rings (SSSR count). The Morgan fingerprint density at radius 2 is 1.92 bits per heavy atom. The predicted molar refractivity (Wildman–Crippen MR) is 98.3 cm³/mol. The van der Waals surface area contributed by atoms with Gasteiger partial charge in [0.15, 0.2) is 0 Å². The van der Waals surface area contributed by atoms with Gasteiger partial charge < -0.3 is 14.3 Å². The number of carbonyl (C=O) groups is 1. The van der Waals surface area contributed by atoms with Crippen molar-refractivity contribution < 1.29 is 23.4 Å². The van der Waals surface area contributed by atoms with E-state index in [1.165, 1.54) is 24.3 Å². The number of aromatic carboxylic acids is 1. The Balaban J connectivity index is 2.25. The van der Waals surface area contributed by atoms with E-state index in [-0.39, 0.29) is 23.2 Å². The third-order valence-electron chi connectivity index (χ3n) is 4.07. The van der Waals surface area contributed by atoms with Crippen molar-refractivity contribution in [1.82, 2.24) is 0 Å². The quantitative estimate of drug-likeness (QED) is 0.617. The molecule has 0 fully saturated rings. The Bertz CT molecular complexity index is 939. The molecule has 0 atom stereocenters. The molecule has 0 saturated carbocycles. The molecule has 0 aliphatic carbocycles. The van der Waals surface area contributed by atoms with Crippen LogP contribution in [0, 0.1) is 5.82 Å². The fourth-order valence-corrected chi connectivity index (χ4v) is 3.01. The zero-order chi connectivity index (χ0) is 18.8. The van der Waals surface area contributed by atoms with Gasteiger partial charge in [0.25, 0.3) is 0 Å². The third kappa shape index (κ3) is 3.43. The second kappa shape index (κ2) is 7.20. The Hall–Kier alpha value is -2.82. The highest BCUT2D eigenvalue weighted by molar-refractivity contribution is 6.08. The number of carboxylic acids is 1. The number of rotatable bonds is 6. The summed E-state index contributed by atoms with van der Waals surface area (Å²) in [6.45, 7) is 5.92. The molecule has 0 unspecified atom stereocenters. The lowest BCUT2D eigenvalue weighted by Crippen LogP contribution is -2.07. The topological polar surface area (TPSA) is 59.7 Å². The molecule has 0 saturated heterocycles. The number of halogens is 1. The highest BCUT2D eigenvalue weighted by Crippen LogP contribution is 2.38. The monoisotopic (exact) mass is 356 g/mol. The van der Waals surface area contributed by atoms with Gasteiger partial charge in [-0.2, -0.15) is 0 Å². The molecule has 4 nitrogen and oxygen atoms in total. The highest BCUT2D eigenvalue weighted by atomic mass is 19.1. The third-order valence-corrected chi connectivity index (χ3v) is 4.07. The maximum Gasteiger partial charge on any atom is 0.340 e. The minimum atomic E-state index is -1.10. The molecule has 3 aromatic rings. The summed E-state index contributed by atoms with van der Waals surface area (Å²) in [5.41, 5.74) is 2.04. The van der Waals surface area contributed by atoms with Gasteiger partial charge in [0.2, 0.25) is 0 Å². The van der Waals surface area contributed by atoms with Crippen molar-refractivity contribution in [2.75, 3.05) is 0 Å². The molecule has 0 aliphatic rings. The van der Waals surface area contributed by atoms with Gasteiger partial charge in [0, 0.05) is 10.9 Å². The Morgan fingerprint density at radius 1 is 1.23 bits per heavy atom. The summed E-state index contributed by atoms with van der Waals surface area (Å²) in [5.74, 6) is -0.596. The summed E-state index contributed by atoms with van der Waals surface area (Å²) in [6.07, 6.45) is 1.70. The maximum absolute atomic E-state index is 13.2. The van der Waals surface area contributed by atoms with E-state index in [0.717, 1.165) is 18.4 Å². The van der Waals surface area contributed by atoms with Crippen LogP contribution >= 0.6 is 0 Å². The van der Waals surface area contributed by atoms with Crippen molar-refractivity contribution >= 4 is 16.9 Å². The largest absolute Gasteiger partial charge is 0.491 e. The van der Waals surface area contributed by atoms with E-state index in [2.05, 4.69) is 6.92 Å². The molecule has 2 aromatic carbocycles. The molecule has 136 valence electrons. The molecule has 0 amide bonds. The molecular formula is C21H21FO4. The molecule has 0 bridgehead atoms. The molecule has 1 heterocycles. The first-order chi connectivity index (χ1) is 12.4. The van der Waals surface area contributed by atoms with Crippen LogP contribution < -0.4 is 4.74 Å². The van der Waals surface area contributed by atoms with E-state index in [4.69, 9.17) is 9.15 Å². The molecule has 0 spiro atoms. The van der Waals surface area contributed by atoms with Gasteiger partial charge in [-0.05, 0) is 62.2 Å². The van der Waals surface area contributed by atoms with Crippen molar-refractivity contribution in [3.63, 3.8) is 0 Å². The van der Waals surface area contributed by atoms with E-state index in [1.807, 2.05) is 19.9 Å². The lowest BCUT2D eigenvalue weighted by molar-refractivity contribution is 0.0699. The van der Waals surface area contributed by atoms with Gasteiger partial charge in [-0.15, -0.1) is 0 Å². The summed E-state index contributed by atoms with van der Waals surface area (Å²) in [7, 11) is 0. The van der Waals surface area contributed by atoms with E-state index in [9.17, 15) is 14.3 Å². The van der Waals surface area contributed by atoms with E-state index < -0.39 is 5.97 Å². The first-order valence-electron chi connectivity index (χ1n) is 8.66. The van der Waals surface area contributed by atoms with Crippen LogP contribution in [0.2, 0.25) is 0 Å². The summed E-state index contributed by atoms with van der Waals surface area (Å²) < 4.78 is 25.0. The molecule has 0 radical (unpaired) electrons. The number of ether oxygens (including phenoxy) is 1. The van der Waals surface area contributed by atoms with Crippen LogP contribution in [-0.2, 0) is 6.42 Å². The summed E-state index contributed by atoms with van der Waals surface area (Å²) in [4.78, 5) is 11.9. The normalized spacial score (nSPS) is 11.3. The molecule has 0 aliphatic heterocycles. The average molecular weight is 356 g/mol. The zero-order valence-electron chi connectivity index (χ0n) is 15.0. The lowest BCUT2D eigenvalue weighted by atomic mass is 10.0. The lowest BCUT2D eigenvalue weighted by Gasteiger charge is -2.14.